The van der Waals surface area contributed by atoms with Crippen LogP contribution < -0.4 is 0 Å². The zero-order valence-electron chi connectivity index (χ0n) is 4.21. The highest BCUT2D eigenvalue weighted by Crippen LogP contribution is 2.30. The molecule has 0 spiro atoms. The lowest BCUT2D eigenvalue weighted by molar-refractivity contribution is 0.0751. The van der Waals surface area contributed by atoms with Crippen LogP contribution in [0.5, 0.6) is 0 Å². The molecular weight excluding hydrogens is 213 g/mol. The molecule has 0 heterocycles. The number of rotatable bonds is 1. The minimum absolute atomic E-state index is 0.548. The molecule has 0 aliphatic rings. The first-order valence-corrected chi connectivity index (χ1v) is 3.09. The summed E-state index contributed by atoms with van der Waals surface area (Å²) in [4.78, 5) is 0. The van der Waals surface area contributed by atoms with E-state index in [0.717, 1.165) is 22.6 Å². The minimum Gasteiger partial charge on any atom is -0.195 e. The van der Waals surface area contributed by atoms with Crippen molar-refractivity contribution in [3.8, 4) is 0 Å². The Labute approximate surface area is 55.4 Å². The molecule has 0 saturated heterocycles. The van der Waals surface area contributed by atoms with Crippen LogP contribution in [0.3, 0.4) is 0 Å². The van der Waals surface area contributed by atoms with Crippen LogP contribution >= 0.6 is 22.6 Å². The molecule has 0 unspecified atom stereocenters. The van der Waals surface area contributed by atoms with Crippen LogP contribution in [0.1, 0.15) is 13.8 Å². The molecule has 3 heteroatoms. The van der Waals surface area contributed by atoms with E-state index in [1.165, 1.54) is 13.8 Å². The molecule has 0 bridgehead atoms. The van der Waals surface area contributed by atoms with Crippen molar-refractivity contribution in [3.63, 3.8) is 0 Å². The van der Waals surface area contributed by atoms with E-state index in [0.29, 0.717) is 0 Å². The molecule has 0 saturated carbocycles. The molecule has 7 heavy (non-hydrogen) atoms. The van der Waals surface area contributed by atoms with Gasteiger partial charge in [0.25, 0.3) is 3.93 Å². The molecule has 0 aromatic heterocycles. The van der Waals surface area contributed by atoms with Gasteiger partial charge < -0.3 is 0 Å². The third-order valence-corrected chi connectivity index (χ3v) is 1.90. The Morgan fingerprint density at radius 2 is 1.57 bits per heavy atom. The highest BCUT2D eigenvalue weighted by molar-refractivity contribution is 14.1. The number of alkyl halides is 3. The Bertz CT molecular complexity index is 55.2. The van der Waals surface area contributed by atoms with Gasteiger partial charge in [0, 0.05) is 5.92 Å². The van der Waals surface area contributed by atoms with Crippen LogP contribution in [-0.4, -0.2) is 3.93 Å². The molecule has 0 aliphatic heterocycles. The predicted octanol–water partition coefficient (Wildman–Crippen LogP) is 2.67. The van der Waals surface area contributed by atoms with E-state index in [4.69, 9.17) is 0 Å². The van der Waals surface area contributed by atoms with Gasteiger partial charge in [-0.05, 0) is 22.6 Å². The molecule has 0 aromatic carbocycles. The van der Waals surface area contributed by atoms with Crippen molar-refractivity contribution >= 4 is 22.6 Å². The maximum atomic E-state index is 11.8. The minimum atomic E-state index is -2.53. The average molecular weight is 220 g/mol. The lowest BCUT2D eigenvalue weighted by atomic mass is 10.2. The molecule has 0 rings (SSSR count). The van der Waals surface area contributed by atoms with Crippen LogP contribution in [0.25, 0.3) is 0 Å². The Hall–Kier alpha value is 0.590. The molecule has 44 valence electrons. The fraction of sp³-hybridized carbons (Fsp3) is 1.00. The maximum absolute atomic E-state index is 11.8. The summed E-state index contributed by atoms with van der Waals surface area (Å²) in [7, 11) is 0. The number of halogens is 3. The second-order valence-electron chi connectivity index (χ2n) is 1.70. The highest BCUT2D eigenvalue weighted by atomic mass is 127. The summed E-state index contributed by atoms with van der Waals surface area (Å²) in [5.41, 5.74) is 0. The first-order chi connectivity index (χ1) is 2.94. The second kappa shape index (κ2) is 2.24. The summed E-state index contributed by atoms with van der Waals surface area (Å²) in [6.45, 7) is 2.98. The van der Waals surface area contributed by atoms with Gasteiger partial charge in [0.1, 0.15) is 0 Å². The number of hydrogen-bond donors (Lipinski definition) is 0. The van der Waals surface area contributed by atoms with Crippen molar-refractivity contribution in [2.75, 3.05) is 0 Å². The maximum Gasteiger partial charge on any atom is 0.298 e. The van der Waals surface area contributed by atoms with Crippen molar-refractivity contribution in [1.29, 1.82) is 0 Å². The van der Waals surface area contributed by atoms with Crippen LogP contribution in [0.15, 0.2) is 0 Å². The topological polar surface area (TPSA) is 0 Å². The molecule has 0 nitrogen and oxygen atoms in total. The largest absolute Gasteiger partial charge is 0.298 e. The first-order valence-electron chi connectivity index (χ1n) is 2.01. The van der Waals surface area contributed by atoms with Crippen LogP contribution in [0, 0.1) is 5.92 Å². The normalized spacial score (nSPS) is 12.9. The zero-order chi connectivity index (χ0) is 6.08. The van der Waals surface area contributed by atoms with Gasteiger partial charge in [0.05, 0.1) is 0 Å². The van der Waals surface area contributed by atoms with Crippen LogP contribution in [0.4, 0.5) is 8.78 Å². The third kappa shape index (κ3) is 3.20. The standard InChI is InChI=1S/C4H7F2I/c1-3(2)4(5,6)7/h3H,1-2H3. The zero-order valence-corrected chi connectivity index (χ0v) is 6.37. The summed E-state index contributed by atoms with van der Waals surface area (Å²) in [6.07, 6.45) is 0. The van der Waals surface area contributed by atoms with Crippen molar-refractivity contribution in [1.82, 2.24) is 0 Å². The highest BCUT2D eigenvalue weighted by Gasteiger charge is 2.27. The van der Waals surface area contributed by atoms with Gasteiger partial charge in [0.2, 0.25) is 0 Å². The van der Waals surface area contributed by atoms with E-state index in [1.54, 1.807) is 0 Å². The van der Waals surface area contributed by atoms with Crippen molar-refractivity contribution in [3.05, 3.63) is 0 Å². The van der Waals surface area contributed by atoms with Gasteiger partial charge >= 0.3 is 0 Å². The van der Waals surface area contributed by atoms with E-state index in [9.17, 15) is 8.78 Å². The van der Waals surface area contributed by atoms with Crippen LogP contribution in [0.2, 0.25) is 0 Å². The molecule has 0 radical (unpaired) electrons. The van der Waals surface area contributed by atoms with Crippen molar-refractivity contribution in [2.24, 2.45) is 5.92 Å². The lowest BCUT2D eigenvalue weighted by Crippen LogP contribution is -2.12. The predicted molar refractivity (Wildman–Crippen MR) is 33.8 cm³/mol. The smallest absolute Gasteiger partial charge is 0.195 e. The molecule has 0 aliphatic carbocycles. The summed E-state index contributed by atoms with van der Waals surface area (Å²) in [6, 6.07) is 0. The number of hydrogen-bond acceptors (Lipinski definition) is 0. The monoisotopic (exact) mass is 220 g/mol. The van der Waals surface area contributed by atoms with Gasteiger partial charge in [0.15, 0.2) is 0 Å². The Morgan fingerprint density at radius 3 is 1.57 bits per heavy atom. The Morgan fingerprint density at radius 1 is 1.43 bits per heavy atom. The van der Waals surface area contributed by atoms with E-state index in [2.05, 4.69) is 0 Å². The van der Waals surface area contributed by atoms with Gasteiger partial charge in [-0.2, -0.15) is 8.78 Å². The molecule has 0 N–H and O–H groups in total. The molecule has 0 fully saturated rings. The quantitative estimate of drug-likeness (QED) is 0.470. The first kappa shape index (κ1) is 7.59. The van der Waals surface area contributed by atoms with Crippen molar-refractivity contribution in [2.45, 2.75) is 17.8 Å². The van der Waals surface area contributed by atoms with Crippen molar-refractivity contribution < 1.29 is 8.78 Å². The molecule has 0 aromatic rings. The average Bonchev–Trinajstić information content (AvgIpc) is 1.31. The molecular formula is C4H7F2I. The van der Waals surface area contributed by atoms with Gasteiger partial charge in [-0.3, -0.25) is 0 Å². The summed E-state index contributed by atoms with van der Waals surface area (Å²) in [5, 5.41) is 0. The van der Waals surface area contributed by atoms with Crippen LogP contribution in [-0.2, 0) is 0 Å². The van der Waals surface area contributed by atoms with E-state index < -0.39 is 9.85 Å². The summed E-state index contributed by atoms with van der Waals surface area (Å²) >= 11 is 1.13. The van der Waals surface area contributed by atoms with Gasteiger partial charge in [-0.15, -0.1) is 0 Å². The van der Waals surface area contributed by atoms with E-state index in [1.807, 2.05) is 0 Å². The van der Waals surface area contributed by atoms with Gasteiger partial charge in [-0.1, -0.05) is 13.8 Å². The fourth-order valence-electron chi connectivity index (χ4n) is 0. The summed E-state index contributed by atoms with van der Waals surface area (Å²) < 4.78 is 21.1. The summed E-state index contributed by atoms with van der Waals surface area (Å²) in [5.74, 6) is -0.548. The van der Waals surface area contributed by atoms with E-state index in [-0.39, 0.29) is 0 Å². The Kier molecular flexibility index (Phi) is 2.43. The molecule has 0 atom stereocenters. The van der Waals surface area contributed by atoms with Gasteiger partial charge in [-0.25, -0.2) is 0 Å². The lowest BCUT2D eigenvalue weighted by Gasteiger charge is -2.10. The Balaban J connectivity index is 3.54. The third-order valence-electron chi connectivity index (χ3n) is 0.655. The van der Waals surface area contributed by atoms with E-state index >= 15 is 0 Å². The molecule has 0 amide bonds. The SMILES string of the molecule is CC(C)C(F)(F)I. The fourth-order valence-corrected chi connectivity index (χ4v) is 0. The second-order valence-corrected chi connectivity index (χ2v) is 3.13.